The number of fused-ring (bicyclic) bond motifs is 2. The van der Waals surface area contributed by atoms with Gasteiger partial charge in [-0.05, 0) is 44.0 Å². The zero-order valence-corrected chi connectivity index (χ0v) is 23.7. The molecule has 0 aromatic heterocycles. The minimum absolute atomic E-state index is 0.180. The lowest BCUT2D eigenvalue weighted by atomic mass is 9.77. The lowest BCUT2D eigenvalue weighted by molar-refractivity contribution is -0.150. The molecule has 5 rings (SSSR count). The molecule has 1 unspecified atom stereocenters. The number of amides is 3. The van der Waals surface area contributed by atoms with Crippen molar-refractivity contribution in [2.24, 2.45) is 11.8 Å². The van der Waals surface area contributed by atoms with Gasteiger partial charge in [0.1, 0.15) is 17.4 Å². The third kappa shape index (κ3) is 4.63. The van der Waals surface area contributed by atoms with Crippen LogP contribution in [0.15, 0.2) is 48.6 Å². The third-order valence-electron chi connectivity index (χ3n) is 8.75. The number of nitrogens with zero attached hydrogens (tertiary/aromatic N) is 3. The SMILES string of the molecule is CCCCCN1CC=C[C@]23O[C@H]4C=CCN(c5ccc(OCC)cc5)C(=O)[C@H]4[C@H]2C(=O)N([C@@H](CC)CO)C3C1=O. The van der Waals surface area contributed by atoms with Crippen molar-refractivity contribution in [1.29, 1.82) is 0 Å². The molecular weight excluding hydrogens is 510 g/mol. The van der Waals surface area contributed by atoms with Gasteiger partial charge in [-0.2, -0.15) is 0 Å². The summed E-state index contributed by atoms with van der Waals surface area (Å²) in [6.45, 7) is 7.56. The first-order chi connectivity index (χ1) is 19.4. The minimum atomic E-state index is -1.28. The number of anilines is 1. The monoisotopic (exact) mass is 551 g/mol. The molecule has 40 heavy (non-hydrogen) atoms. The first kappa shape index (κ1) is 28.4. The summed E-state index contributed by atoms with van der Waals surface area (Å²) in [5.74, 6) is -1.65. The maximum absolute atomic E-state index is 14.3. The van der Waals surface area contributed by atoms with E-state index in [1.807, 2.05) is 62.4 Å². The van der Waals surface area contributed by atoms with Crippen LogP contribution in [0.3, 0.4) is 0 Å². The van der Waals surface area contributed by atoms with Gasteiger partial charge >= 0.3 is 0 Å². The molecule has 0 radical (unpaired) electrons. The molecule has 4 aliphatic rings. The van der Waals surface area contributed by atoms with Crippen molar-refractivity contribution in [3.63, 3.8) is 0 Å². The highest BCUT2D eigenvalue weighted by molar-refractivity contribution is 6.04. The maximum Gasteiger partial charge on any atom is 0.249 e. The number of carbonyl (C=O) groups excluding carboxylic acids is 3. The summed E-state index contributed by atoms with van der Waals surface area (Å²) in [4.78, 5) is 47.8. The van der Waals surface area contributed by atoms with E-state index >= 15 is 0 Å². The van der Waals surface area contributed by atoms with Gasteiger partial charge in [0.25, 0.3) is 0 Å². The number of aliphatic hydroxyl groups excluding tert-OH is 1. The molecule has 4 heterocycles. The fraction of sp³-hybridized carbons (Fsp3) is 0.581. The van der Waals surface area contributed by atoms with E-state index in [1.54, 1.807) is 9.80 Å². The van der Waals surface area contributed by atoms with Crippen molar-refractivity contribution in [3.8, 4) is 5.75 Å². The number of rotatable bonds is 10. The van der Waals surface area contributed by atoms with E-state index in [2.05, 4.69) is 6.92 Å². The predicted octanol–water partition coefficient (Wildman–Crippen LogP) is 2.93. The molecule has 0 saturated carbocycles. The molecule has 216 valence electrons. The molecule has 2 fully saturated rings. The number of hydrogen-bond donors (Lipinski definition) is 1. The van der Waals surface area contributed by atoms with Crippen molar-refractivity contribution in [2.75, 3.05) is 37.7 Å². The number of likely N-dealkylation sites (tertiary alicyclic amines) is 1. The van der Waals surface area contributed by atoms with Crippen molar-refractivity contribution in [2.45, 2.75) is 70.2 Å². The Balaban J connectivity index is 1.54. The zero-order chi connectivity index (χ0) is 28.4. The molecule has 0 aliphatic carbocycles. The molecule has 9 nitrogen and oxygen atoms in total. The molecule has 1 aromatic rings. The third-order valence-corrected chi connectivity index (χ3v) is 8.75. The Morgan fingerprint density at radius 1 is 1.02 bits per heavy atom. The summed E-state index contributed by atoms with van der Waals surface area (Å²) < 4.78 is 12.3. The molecule has 1 N–H and O–H groups in total. The fourth-order valence-corrected chi connectivity index (χ4v) is 6.80. The molecule has 4 aliphatic heterocycles. The van der Waals surface area contributed by atoms with Crippen LogP contribution in [0, 0.1) is 11.8 Å². The van der Waals surface area contributed by atoms with Crippen molar-refractivity contribution in [3.05, 3.63) is 48.6 Å². The quantitative estimate of drug-likeness (QED) is 0.355. The van der Waals surface area contributed by atoms with Crippen LogP contribution in [-0.4, -0.2) is 89.3 Å². The highest BCUT2D eigenvalue weighted by Crippen LogP contribution is 2.54. The summed E-state index contributed by atoms with van der Waals surface area (Å²) in [7, 11) is 0. The number of ether oxygens (including phenoxy) is 2. The zero-order valence-electron chi connectivity index (χ0n) is 23.7. The lowest BCUT2D eigenvalue weighted by Gasteiger charge is -2.38. The van der Waals surface area contributed by atoms with E-state index in [0.717, 1.165) is 25.0 Å². The molecule has 6 atom stereocenters. The Morgan fingerprint density at radius 2 is 1.80 bits per heavy atom. The second kappa shape index (κ2) is 11.7. The smallest absolute Gasteiger partial charge is 0.249 e. The molecule has 0 bridgehead atoms. The summed E-state index contributed by atoms with van der Waals surface area (Å²) in [6.07, 6.45) is 10.3. The van der Waals surface area contributed by atoms with E-state index in [0.29, 0.717) is 38.3 Å². The van der Waals surface area contributed by atoms with Crippen molar-refractivity contribution >= 4 is 23.4 Å². The van der Waals surface area contributed by atoms with E-state index in [1.165, 1.54) is 4.90 Å². The number of aliphatic hydroxyl groups is 1. The largest absolute Gasteiger partial charge is 0.494 e. The second-order valence-electron chi connectivity index (χ2n) is 11.0. The van der Waals surface area contributed by atoms with Crippen LogP contribution in [0.2, 0.25) is 0 Å². The Kier molecular flexibility index (Phi) is 8.33. The van der Waals surface area contributed by atoms with E-state index < -0.39 is 35.6 Å². The summed E-state index contributed by atoms with van der Waals surface area (Å²) in [5, 5.41) is 10.3. The molecule has 9 heteroatoms. The second-order valence-corrected chi connectivity index (χ2v) is 11.0. The van der Waals surface area contributed by atoms with E-state index in [9.17, 15) is 19.5 Å². The van der Waals surface area contributed by atoms with Gasteiger partial charge in [0.2, 0.25) is 17.7 Å². The highest BCUT2D eigenvalue weighted by atomic mass is 16.5. The van der Waals surface area contributed by atoms with Gasteiger partial charge in [0, 0.05) is 25.3 Å². The van der Waals surface area contributed by atoms with Crippen LogP contribution >= 0.6 is 0 Å². The van der Waals surface area contributed by atoms with Crippen LogP contribution in [0.4, 0.5) is 5.69 Å². The summed E-state index contributed by atoms with van der Waals surface area (Å²) in [6, 6.07) is 5.86. The number of carbonyl (C=O) groups is 3. The molecule has 1 spiro atoms. The standard InChI is InChI=1S/C31H41N3O6/c1-4-7-8-17-32-18-10-16-31-26(29(37)34(21(5-2)20-35)27(31)30(32)38)25-24(40-31)11-9-19-33(28(25)36)22-12-14-23(15-13-22)39-6-3/h9-16,21,24-27,35H,4-8,17-20H2,1-3H3/t21-,24-,25+,26-,27?,31-/m0/s1. The van der Waals surface area contributed by atoms with Gasteiger partial charge in [-0.15, -0.1) is 0 Å². The van der Waals surface area contributed by atoms with Gasteiger partial charge in [-0.25, -0.2) is 0 Å². The predicted molar refractivity (Wildman–Crippen MR) is 151 cm³/mol. The van der Waals surface area contributed by atoms with Crippen LogP contribution in [-0.2, 0) is 19.1 Å². The normalized spacial score (nSPS) is 30.2. The van der Waals surface area contributed by atoms with Gasteiger partial charge < -0.3 is 29.3 Å². The Morgan fingerprint density at radius 3 is 2.48 bits per heavy atom. The van der Waals surface area contributed by atoms with Crippen LogP contribution in [0.25, 0.3) is 0 Å². The van der Waals surface area contributed by atoms with E-state index in [4.69, 9.17) is 9.47 Å². The molecule has 2 saturated heterocycles. The van der Waals surface area contributed by atoms with Crippen molar-refractivity contribution < 1.29 is 29.0 Å². The lowest BCUT2D eigenvalue weighted by Crippen LogP contribution is -2.58. The van der Waals surface area contributed by atoms with Gasteiger partial charge in [-0.1, -0.05) is 51.0 Å². The Bertz CT molecular complexity index is 1160. The first-order valence-electron chi connectivity index (χ1n) is 14.7. The summed E-state index contributed by atoms with van der Waals surface area (Å²) in [5.41, 5.74) is -0.581. The van der Waals surface area contributed by atoms with Crippen LogP contribution < -0.4 is 9.64 Å². The Hall–Kier alpha value is -3.17. The molecule has 1 aromatic carbocycles. The number of benzene rings is 1. The number of unbranched alkanes of at least 4 members (excludes halogenated alkanes) is 2. The van der Waals surface area contributed by atoms with Crippen LogP contribution in [0.1, 0.15) is 46.5 Å². The summed E-state index contributed by atoms with van der Waals surface area (Å²) >= 11 is 0. The van der Waals surface area contributed by atoms with E-state index in [-0.39, 0.29) is 24.3 Å². The van der Waals surface area contributed by atoms with Crippen molar-refractivity contribution in [1.82, 2.24) is 9.80 Å². The maximum atomic E-state index is 14.3. The molecule has 3 amide bonds. The molecular formula is C31H41N3O6. The fourth-order valence-electron chi connectivity index (χ4n) is 6.80. The van der Waals surface area contributed by atoms with Gasteiger partial charge in [0.05, 0.1) is 37.2 Å². The average Bonchev–Trinajstić information content (AvgIpc) is 3.27. The van der Waals surface area contributed by atoms with Crippen LogP contribution in [0.5, 0.6) is 5.75 Å². The van der Waals surface area contributed by atoms with Gasteiger partial charge in [0.15, 0.2) is 0 Å². The number of hydrogen-bond acceptors (Lipinski definition) is 6. The topological polar surface area (TPSA) is 99.6 Å². The van der Waals surface area contributed by atoms with Gasteiger partial charge in [-0.3, -0.25) is 14.4 Å². The average molecular weight is 552 g/mol. The highest BCUT2D eigenvalue weighted by Gasteiger charge is 2.72. The first-order valence-corrected chi connectivity index (χ1v) is 14.7. The minimum Gasteiger partial charge on any atom is -0.494 e. The Labute approximate surface area is 236 Å².